The lowest BCUT2D eigenvalue weighted by molar-refractivity contribution is 0.0949. The molecule has 0 bridgehead atoms. The number of halogens is 1. The van der Waals surface area contributed by atoms with E-state index in [-0.39, 0.29) is 5.91 Å². The summed E-state index contributed by atoms with van der Waals surface area (Å²) in [6.07, 6.45) is 0. The van der Waals surface area contributed by atoms with Crippen molar-refractivity contribution in [2.75, 3.05) is 0 Å². The van der Waals surface area contributed by atoms with E-state index in [1.54, 1.807) is 12.1 Å². The summed E-state index contributed by atoms with van der Waals surface area (Å²) < 4.78 is 2.20. The summed E-state index contributed by atoms with van der Waals surface area (Å²) in [4.78, 5) is 17.5. The van der Waals surface area contributed by atoms with Gasteiger partial charge in [0.25, 0.3) is 5.91 Å². The number of hydrogen-bond donors (Lipinski definition) is 1. The Kier molecular flexibility index (Phi) is 5.84. The Bertz CT molecular complexity index is 1260. The molecule has 158 valence electrons. The number of nitrogens with zero attached hydrogens (tertiary/aromatic N) is 2. The van der Waals surface area contributed by atoms with Crippen molar-refractivity contribution in [1.82, 2.24) is 14.9 Å². The van der Waals surface area contributed by atoms with Gasteiger partial charge in [-0.05, 0) is 79.8 Å². The predicted molar refractivity (Wildman–Crippen MR) is 127 cm³/mol. The third kappa shape index (κ3) is 4.08. The number of hydrogen-bond acceptors (Lipinski definition) is 2. The smallest absolute Gasteiger partial charge is 0.253 e. The molecule has 4 aromatic rings. The number of aryl methyl sites for hydroxylation is 2. The summed E-state index contributed by atoms with van der Waals surface area (Å²) in [5.41, 5.74) is 8.92. The number of aromatic nitrogens is 2. The third-order valence-electron chi connectivity index (χ3n) is 6.10. The molecule has 1 amide bonds. The molecular formula is C26H26ClN3O. The Hall–Kier alpha value is -3.11. The molecule has 4 nitrogen and oxygen atoms in total. The van der Waals surface area contributed by atoms with Gasteiger partial charge in [-0.15, -0.1) is 0 Å². The minimum atomic E-state index is -0.206. The van der Waals surface area contributed by atoms with Crippen LogP contribution in [0.2, 0.25) is 5.02 Å². The number of imidazole rings is 1. The first-order chi connectivity index (χ1) is 14.9. The zero-order valence-electron chi connectivity index (χ0n) is 18.3. The molecule has 0 aliphatic rings. The molecule has 31 heavy (non-hydrogen) atoms. The van der Waals surface area contributed by atoms with Crippen molar-refractivity contribution in [2.24, 2.45) is 0 Å². The topological polar surface area (TPSA) is 46.9 Å². The van der Waals surface area contributed by atoms with Crippen LogP contribution in [0.25, 0.3) is 11.0 Å². The van der Waals surface area contributed by atoms with Crippen molar-refractivity contribution < 1.29 is 4.79 Å². The fourth-order valence-corrected chi connectivity index (χ4v) is 4.25. The van der Waals surface area contributed by atoms with Crippen LogP contribution in [0.4, 0.5) is 0 Å². The van der Waals surface area contributed by atoms with E-state index in [1.807, 2.05) is 30.3 Å². The number of nitrogens with one attached hydrogen (secondary N) is 1. The largest absolute Gasteiger partial charge is 0.345 e. The van der Waals surface area contributed by atoms with Gasteiger partial charge in [-0.1, -0.05) is 41.9 Å². The standard InChI is InChI=1S/C26H26ClN3O/c1-16-13-17(2)19(4)21(18(16)3)15-30-24-12-8-7-11-23(24)29-25(30)14-28-26(31)20-9-5-6-10-22(20)27/h5-13H,14-15H2,1-4H3,(H,28,31). The molecular weight excluding hydrogens is 406 g/mol. The summed E-state index contributed by atoms with van der Waals surface area (Å²) in [5.74, 6) is 0.613. The van der Waals surface area contributed by atoms with Crippen LogP contribution >= 0.6 is 11.6 Å². The summed E-state index contributed by atoms with van der Waals surface area (Å²) >= 11 is 6.19. The van der Waals surface area contributed by atoms with Crippen molar-refractivity contribution in [3.63, 3.8) is 0 Å². The van der Waals surface area contributed by atoms with E-state index in [0.717, 1.165) is 16.9 Å². The maximum absolute atomic E-state index is 12.7. The molecule has 0 radical (unpaired) electrons. The van der Waals surface area contributed by atoms with Gasteiger partial charge < -0.3 is 9.88 Å². The number of carbonyl (C=O) groups is 1. The Morgan fingerprint density at radius 2 is 1.61 bits per heavy atom. The van der Waals surface area contributed by atoms with E-state index in [9.17, 15) is 4.79 Å². The summed E-state index contributed by atoms with van der Waals surface area (Å²) in [5, 5.41) is 3.43. The molecule has 0 spiro atoms. The second-order valence-corrected chi connectivity index (χ2v) is 8.41. The van der Waals surface area contributed by atoms with E-state index < -0.39 is 0 Å². The predicted octanol–water partition coefficient (Wildman–Crippen LogP) is 5.90. The van der Waals surface area contributed by atoms with Crippen LogP contribution in [0.15, 0.2) is 54.6 Å². The number of carbonyl (C=O) groups excluding carboxylic acids is 1. The number of rotatable bonds is 5. The van der Waals surface area contributed by atoms with Crippen molar-refractivity contribution >= 4 is 28.5 Å². The lowest BCUT2D eigenvalue weighted by atomic mass is 9.94. The molecule has 1 heterocycles. The van der Waals surface area contributed by atoms with Gasteiger partial charge in [0, 0.05) is 6.54 Å². The summed E-state index contributed by atoms with van der Waals surface area (Å²) in [6.45, 7) is 9.69. The highest BCUT2D eigenvalue weighted by Gasteiger charge is 2.16. The van der Waals surface area contributed by atoms with Crippen LogP contribution in [0.1, 0.15) is 44.0 Å². The summed E-state index contributed by atoms with van der Waals surface area (Å²) in [6, 6.07) is 17.4. The van der Waals surface area contributed by atoms with Crippen LogP contribution in [-0.4, -0.2) is 15.5 Å². The van der Waals surface area contributed by atoms with E-state index in [0.29, 0.717) is 23.7 Å². The highest BCUT2D eigenvalue weighted by atomic mass is 35.5. The number of amides is 1. The van der Waals surface area contributed by atoms with Crippen molar-refractivity contribution in [1.29, 1.82) is 0 Å². The number of fused-ring (bicyclic) bond motifs is 1. The molecule has 0 aliphatic carbocycles. The quantitative estimate of drug-likeness (QED) is 0.427. The highest BCUT2D eigenvalue weighted by Crippen LogP contribution is 2.25. The van der Waals surface area contributed by atoms with Crippen molar-refractivity contribution in [3.05, 3.63) is 98.8 Å². The zero-order valence-corrected chi connectivity index (χ0v) is 19.0. The Balaban J connectivity index is 1.71. The Labute approximate surface area is 187 Å². The molecule has 0 aliphatic heterocycles. The van der Waals surface area contributed by atoms with E-state index in [1.165, 1.54) is 27.8 Å². The molecule has 5 heteroatoms. The Morgan fingerprint density at radius 1 is 0.968 bits per heavy atom. The van der Waals surface area contributed by atoms with Gasteiger partial charge in [-0.2, -0.15) is 0 Å². The van der Waals surface area contributed by atoms with E-state index in [2.05, 4.69) is 49.7 Å². The first-order valence-electron chi connectivity index (χ1n) is 10.4. The Morgan fingerprint density at radius 3 is 2.32 bits per heavy atom. The fourth-order valence-electron chi connectivity index (χ4n) is 4.03. The first-order valence-corrected chi connectivity index (χ1v) is 10.8. The van der Waals surface area contributed by atoms with Gasteiger partial charge in [0.05, 0.1) is 28.2 Å². The average molecular weight is 432 g/mol. The molecule has 1 aromatic heterocycles. The van der Waals surface area contributed by atoms with Crippen LogP contribution in [0.5, 0.6) is 0 Å². The molecule has 0 saturated heterocycles. The minimum absolute atomic E-state index is 0.206. The van der Waals surface area contributed by atoms with E-state index >= 15 is 0 Å². The molecule has 1 N–H and O–H groups in total. The van der Waals surface area contributed by atoms with Gasteiger partial charge in [-0.25, -0.2) is 4.98 Å². The monoisotopic (exact) mass is 431 g/mol. The normalized spacial score (nSPS) is 11.1. The van der Waals surface area contributed by atoms with Gasteiger partial charge in [0.2, 0.25) is 0 Å². The molecule has 4 rings (SSSR count). The highest BCUT2D eigenvalue weighted by molar-refractivity contribution is 6.33. The van der Waals surface area contributed by atoms with Crippen LogP contribution in [0.3, 0.4) is 0 Å². The third-order valence-corrected chi connectivity index (χ3v) is 6.43. The van der Waals surface area contributed by atoms with Gasteiger partial charge in [0.15, 0.2) is 0 Å². The first kappa shape index (κ1) is 21.1. The average Bonchev–Trinajstić information content (AvgIpc) is 3.11. The minimum Gasteiger partial charge on any atom is -0.345 e. The van der Waals surface area contributed by atoms with Gasteiger partial charge in [0.1, 0.15) is 5.82 Å². The molecule has 0 fully saturated rings. The zero-order chi connectivity index (χ0) is 22.1. The van der Waals surface area contributed by atoms with Crippen LogP contribution in [0, 0.1) is 27.7 Å². The van der Waals surface area contributed by atoms with Crippen LogP contribution in [-0.2, 0) is 13.1 Å². The maximum atomic E-state index is 12.7. The fraction of sp³-hybridized carbons (Fsp3) is 0.231. The van der Waals surface area contributed by atoms with Crippen molar-refractivity contribution in [3.8, 4) is 0 Å². The molecule has 0 atom stereocenters. The summed E-state index contributed by atoms with van der Waals surface area (Å²) in [7, 11) is 0. The van der Waals surface area contributed by atoms with Crippen LogP contribution < -0.4 is 5.32 Å². The molecule has 0 saturated carbocycles. The second-order valence-electron chi connectivity index (χ2n) is 8.00. The maximum Gasteiger partial charge on any atom is 0.253 e. The number of benzene rings is 3. The second kappa shape index (κ2) is 8.56. The van der Waals surface area contributed by atoms with Gasteiger partial charge in [-0.3, -0.25) is 4.79 Å². The molecule has 0 unspecified atom stereocenters. The lowest BCUT2D eigenvalue weighted by Gasteiger charge is -2.18. The van der Waals surface area contributed by atoms with E-state index in [4.69, 9.17) is 16.6 Å². The lowest BCUT2D eigenvalue weighted by Crippen LogP contribution is -2.25. The molecule has 3 aromatic carbocycles. The SMILES string of the molecule is Cc1cc(C)c(C)c(Cn2c(CNC(=O)c3ccccc3Cl)nc3ccccc32)c1C. The van der Waals surface area contributed by atoms with Crippen molar-refractivity contribution in [2.45, 2.75) is 40.8 Å². The van der Waals surface area contributed by atoms with Gasteiger partial charge >= 0.3 is 0 Å². The number of para-hydroxylation sites is 2.